The molecule has 5 nitrogen and oxygen atoms in total. The van der Waals surface area contributed by atoms with Gasteiger partial charge in [-0.2, -0.15) is 0 Å². The number of hydrogen-bond donors (Lipinski definition) is 2. The Bertz CT molecular complexity index is 979. The normalized spacial score (nSPS) is 12.2. The standard InChI is InChI=1S/C23H25NO4S/c1-14(2)17-5-7-18(8-6-17)22-24-19(13-29-22)12-28-21-9-4-16(10-15(21)3)11-20(25)23(26)27/h4-10,13-14,20,25H,11-12H2,1-3H3,(H,26,27). The molecule has 0 aliphatic carbocycles. The molecule has 152 valence electrons. The second-order valence-electron chi connectivity index (χ2n) is 7.37. The summed E-state index contributed by atoms with van der Waals surface area (Å²) in [5.74, 6) is 0.00175. The van der Waals surface area contributed by atoms with E-state index < -0.39 is 12.1 Å². The van der Waals surface area contributed by atoms with Crippen LogP contribution in [0, 0.1) is 6.92 Å². The molecule has 1 aromatic heterocycles. The van der Waals surface area contributed by atoms with Crippen molar-refractivity contribution in [1.29, 1.82) is 0 Å². The number of aryl methyl sites for hydroxylation is 1. The fourth-order valence-corrected chi connectivity index (χ4v) is 3.79. The lowest BCUT2D eigenvalue weighted by Crippen LogP contribution is -2.21. The van der Waals surface area contributed by atoms with Crippen LogP contribution in [0.2, 0.25) is 0 Å². The smallest absolute Gasteiger partial charge is 0.332 e. The number of nitrogens with zero attached hydrogens (tertiary/aromatic N) is 1. The van der Waals surface area contributed by atoms with Gasteiger partial charge in [-0.15, -0.1) is 11.3 Å². The lowest BCUT2D eigenvalue weighted by Gasteiger charge is -2.11. The Balaban J connectivity index is 1.62. The molecule has 2 N–H and O–H groups in total. The van der Waals surface area contributed by atoms with E-state index in [9.17, 15) is 9.90 Å². The minimum Gasteiger partial charge on any atom is -0.487 e. The zero-order valence-electron chi connectivity index (χ0n) is 16.8. The van der Waals surface area contributed by atoms with Crippen LogP contribution in [0.1, 0.15) is 42.1 Å². The summed E-state index contributed by atoms with van der Waals surface area (Å²) in [6.45, 7) is 6.61. The molecule has 0 spiro atoms. The van der Waals surface area contributed by atoms with Crippen LogP contribution in [-0.4, -0.2) is 27.3 Å². The molecule has 0 amide bonds. The third-order valence-corrected chi connectivity index (χ3v) is 5.65. The highest BCUT2D eigenvalue weighted by Gasteiger charge is 2.14. The van der Waals surface area contributed by atoms with Crippen molar-refractivity contribution < 1.29 is 19.7 Å². The van der Waals surface area contributed by atoms with Crippen molar-refractivity contribution in [3.8, 4) is 16.3 Å². The van der Waals surface area contributed by atoms with Crippen molar-refractivity contribution in [3.05, 3.63) is 70.2 Å². The number of aromatic nitrogens is 1. The van der Waals surface area contributed by atoms with Gasteiger partial charge < -0.3 is 14.9 Å². The Kier molecular flexibility index (Phi) is 6.67. The molecule has 0 saturated carbocycles. The van der Waals surface area contributed by atoms with Crippen molar-refractivity contribution in [2.24, 2.45) is 0 Å². The molecular formula is C23H25NO4S. The molecule has 29 heavy (non-hydrogen) atoms. The number of benzene rings is 2. The van der Waals surface area contributed by atoms with Crippen LogP contribution in [-0.2, 0) is 17.8 Å². The number of thiazole rings is 1. The fraction of sp³-hybridized carbons (Fsp3) is 0.304. The minimum atomic E-state index is -1.40. The first-order valence-corrected chi connectivity index (χ1v) is 10.4. The van der Waals surface area contributed by atoms with Gasteiger partial charge in [-0.05, 0) is 35.6 Å². The number of aliphatic carboxylic acids is 1. The maximum absolute atomic E-state index is 10.8. The highest BCUT2D eigenvalue weighted by molar-refractivity contribution is 7.13. The van der Waals surface area contributed by atoms with E-state index in [4.69, 9.17) is 9.84 Å². The first kappa shape index (κ1) is 21.0. The number of carbonyl (C=O) groups is 1. The molecule has 6 heteroatoms. The van der Waals surface area contributed by atoms with Crippen LogP contribution in [0.4, 0.5) is 0 Å². The molecule has 0 saturated heterocycles. The predicted octanol–water partition coefficient (Wildman–Crippen LogP) is 4.81. The van der Waals surface area contributed by atoms with Crippen LogP contribution in [0.15, 0.2) is 47.8 Å². The van der Waals surface area contributed by atoms with E-state index in [0.717, 1.165) is 33.1 Å². The quantitative estimate of drug-likeness (QED) is 0.556. The summed E-state index contributed by atoms with van der Waals surface area (Å²) in [7, 11) is 0. The number of carboxylic acids is 1. The van der Waals surface area contributed by atoms with E-state index in [-0.39, 0.29) is 6.42 Å². The molecule has 0 radical (unpaired) electrons. The second kappa shape index (κ2) is 9.20. The summed E-state index contributed by atoms with van der Waals surface area (Å²) in [6, 6.07) is 13.9. The van der Waals surface area contributed by atoms with Gasteiger partial charge in [0.05, 0.1) is 5.69 Å². The Morgan fingerprint density at radius 3 is 2.52 bits per heavy atom. The van der Waals surface area contributed by atoms with Crippen molar-refractivity contribution in [3.63, 3.8) is 0 Å². The second-order valence-corrected chi connectivity index (χ2v) is 8.23. The van der Waals surface area contributed by atoms with Crippen LogP contribution >= 0.6 is 11.3 Å². The molecular weight excluding hydrogens is 386 g/mol. The lowest BCUT2D eigenvalue weighted by molar-refractivity contribution is -0.146. The van der Waals surface area contributed by atoms with E-state index >= 15 is 0 Å². The summed E-state index contributed by atoms with van der Waals surface area (Å²) in [6.07, 6.45) is -1.33. The number of aliphatic hydroxyl groups excluding tert-OH is 1. The Morgan fingerprint density at radius 1 is 1.17 bits per heavy atom. The van der Waals surface area contributed by atoms with Crippen molar-refractivity contribution >= 4 is 17.3 Å². The summed E-state index contributed by atoms with van der Waals surface area (Å²) in [5.41, 5.74) is 4.92. The molecule has 0 aliphatic rings. The molecule has 0 bridgehead atoms. The maximum atomic E-state index is 10.8. The van der Waals surface area contributed by atoms with Crippen molar-refractivity contribution in [2.75, 3.05) is 0 Å². The van der Waals surface area contributed by atoms with E-state index in [2.05, 4.69) is 43.1 Å². The van der Waals surface area contributed by atoms with E-state index in [1.165, 1.54) is 5.56 Å². The van der Waals surface area contributed by atoms with E-state index in [1.807, 2.05) is 18.4 Å². The fourth-order valence-electron chi connectivity index (χ4n) is 2.98. The molecule has 0 fully saturated rings. The first-order valence-electron chi connectivity index (χ1n) is 9.51. The molecule has 3 rings (SSSR count). The average Bonchev–Trinajstić information content (AvgIpc) is 3.16. The summed E-state index contributed by atoms with van der Waals surface area (Å²) < 4.78 is 5.90. The van der Waals surface area contributed by atoms with Gasteiger partial charge >= 0.3 is 5.97 Å². The van der Waals surface area contributed by atoms with Crippen LogP contribution < -0.4 is 4.74 Å². The Labute approximate surface area is 174 Å². The van der Waals surface area contributed by atoms with Gasteiger partial charge in [0.15, 0.2) is 6.10 Å². The highest BCUT2D eigenvalue weighted by atomic mass is 32.1. The zero-order valence-corrected chi connectivity index (χ0v) is 17.6. The Morgan fingerprint density at radius 2 is 1.90 bits per heavy atom. The Hall–Kier alpha value is -2.70. The van der Waals surface area contributed by atoms with Gasteiger partial charge in [0.2, 0.25) is 0 Å². The molecule has 1 atom stereocenters. The van der Waals surface area contributed by atoms with Gasteiger partial charge in [-0.1, -0.05) is 50.2 Å². The SMILES string of the molecule is Cc1cc(CC(O)C(=O)O)ccc1OCc1csc(-c2ccc(C(C)C)cc2)n1. The molecule has 2 aromatic carbocycles. The van der Waals surface area contributed by atoms with Crippen molar-refractivity contribution in [1.82, 2.24) is 4.98 Å². The third kappa shape index (κ3) is 5.43. The van der Waals surface area contributed by atoms with E-state index in [1.54, 1.807) is 23.5 Å². The van der Waals surface area contributed by atoms with Gasteiger partial charge in [-0.3, -0.25) is 0 Å². The third-order valence-electron chi connectivity index (χ3n) is 4.71. The molecule has 1 heterocycles. The first-order chi connectivity index (χ1) is 13.8. The lowest BCUT2D eigenvalue weighted by atomic mass is 10.0. The molecule has 0 aliphatic heterocycles. The van der Waals surface area contributed by atoms with Gasteiger partial charge in [-0.25, -0.2) is 9.78 Å². The zero-order chi connectivity index (χ0) is 21.0. The van der Waals surface area contributed by atoms with Gasteiger partial charge in [0.1, 0.15) is 17.4 Å². The van der Waals surface area contributed by atoms with Crippen LogP contribution in [0.3, 0.4) is 0 Å². The highest BCUT2D eigenvalue weighted by Crippen LogP contribution is 2.27. The number of carboxylic acid groups (broad SMARTS) is 1. The minimum absolute atomic E-state index is 0.0709. The largest absolute Gasteiger partial charge is 0.487 e. The van der Waals surface area contributed by atoms with E-state index in [0.29, 0.717) is 12.5 Å². The van der Waals surface area contributed by atoms with Gasteiger partial charge in [0.25, 0.3) is 0 Å². The average molecular weight is 412 g/mol. The molecule has 3 aromatic rings. The van der Waals surface area contributed by atoms with Crippen LogP contribution in [0.5, 0.6) is 5.75 Å². The number of hydrogen-bond acceptors (Lipinski definition) is 5. The molecule has 1 unspecified atom stereocenters. The topological polar surface area (TPSA) is 79.7 Å². The summed E-state index contributed by atoms with van der Waals surface area (Å²) in [5, 5.41) is 21.3. The summed E-state index contributed by atoms with van der Waals surface area (Å²) in [4.78, 5) is 15.5. The summed E-state index contributed by atoms with van der Waals surface area (Å²) >= 11 is 1.59. The maximum Gasteiger partial charge on any atom is 0.332 e. The number of aliphatic hydroxyl groups is 1. The van der Waals surface area contributed by atoms with Crippen molar-refractivity contribution in [2.45, 2.75) is 45.8 Å². The predicted molar refractivity (Wildman–Crippen MR) is 114 cm³/mol. The monoisotopic (exact) mass is 411 g/mol. The number of rotatable bonds is 8. The van der Waals surface area contributed by atoms with Gasteiger partial charge in [0, 0.05) is 17.4 Å². The van der Waals surface area contributed by atoms with Crippen LogP contribution in [0.25, 0.3) is 10.6 Å². The number of ether oxygens (including phenoxy) is 1.